The fourth-order valence-electron chi connectivity index (χ4n) is 3.82. The summed E-state index contributed by atoms with van der Waals surface area (Å²) in [6.45, 7) is 0.885. The highest BCUT2D eigenvalue weighted by atomic mass is 16.5. The van der Waals surface area contributed by atoms with Crippen molar-refractivity contribution in [3.63, 3.8) is 0 Å². The van der Waals surface area contributed by atoms with Crippen molar-refractivity contribution in [1.82, 2.24) is 14.8 Å². The number of hydrogen-bond acceptors (Lipinski definition) is 5. The van der Waals surface area contributed by atoms with E-state index >= 15 is 0 Å². The second-order valence-electron chi connectivity index (χ2n) is 7.23. The van der Waals surface area contributed by atoms with E-state index in [4.69, 9.17) is 9.15 Å². The molecule has 0 fully saturated rings. The van der Waals surface area contributed by atoms with Gasteiger partial charge in [0, 0.05) is 30.0 Å². The lowest BCUT2D eigenvalue weighted by Crippen LogP contribution is -2.18. The Bertz CT molecular complexity index is 1180. The van der Waals surface area contributed by atoms with Gasteiger partial charge < -0.3 is 19.0 Å². The Balaban J connectivity index is 1.29. The Morgan fingerprint density at radius 3 is 2.90 bits per heavy atom. The number of carbonyl (C=O) groups excluding carboxylic acids is 1. The first-order valence-corrected chi connectivity index (χ1v) is 9.55. The third-order valence-corrected chi connectivity index (χ3v) is 5.42. The van der Waals surface area contributed by atoms with Crippen molar-refractivity contribution in [2.45, 2.75) is 25.3 Å². The smallest absolute Gasteiger partial charge is 0.291 e. The van der Waals surface area contributed by atoms with Gasteiger partial charge in [-0.3, -0.25) is 4.79 Å². The van der Waals surface area contributed by atoms with Gasteiger partial charge in [0.05, 0.1) is 7.11 Å². The molecule has 0 radical (unpaired) electrons. The summed E-state index contributed by atoms with van der Waals surface area (Å²) in [5, 5.41) is 11.8. The maximum Gasteiger partial charge on any atom is 0.291 e. The van der Waals surface area contributed by atoms with Crippen molar-refractivity contribution in [2.75, 3.05) is 12.4 Å². The zero-order valence-corrected chi connectivity index (χ0v) is 16.0. The van der Waals surface area contributed by atoms with Crippen LogP contribution in [0.1, 0.15) is 34.3 Å². The van der Waals surface area contributed by atoms with Gasteiger partial charge in [-0.25, -0.2) is 0 Å². The summed E-state index contributed by atoms with van der Waals surface area (Å²) in [5.41, 5.74) is 2.63. The number of rotatable bonds is 4. The molecule has 4 aromatic rings. The minimum Gasteiger partial charge on any atom is -0.497 e. The van der Waals surface area contributed by atoms with Crippen molar-refractivity contribution in [1.29, 1.82) is 0 Å². The molecule has 2 aromatic carbocycles. The van der Waals surface area contributed by atoms with Gasteiger partial charge >= 0.3 is 0 Å². The first-order valence-electron chi connectivity index (χ1n) is 9.55. The van der Waals surface area contributed by atoms with Crippen molar-refractivity contribution >= 4 is 22.6 Å². The number of nitrogens with zero attached hydrogens (tertiary/aromatic N) is 3. The van der Waals surface area contributed by atoms with Crippen molar-refractivity contribution in [3.8, 4) is 5.75 Å². The minimum atomic E-state index is -0.278. The summed E-state index contributed by atoms with van der Waals surface area (Å²) in [4.78, 5) is 12.6. The number of methoxy groups -OCH3 is 1. The molecule has 0 saturated heterocycles. The maximum atomic E-state index is 12.6. The van der Waals surface area contributed by atoms with Gasteiger partial charge in [-0.15, -0.1) is 10.2 Å². The molecule has 0 aliphatic carbocycles. The molecule has 146 valence electrons. The van der Waals surface area contributed by atoms with Crippen LogP contribution in [0.3, 0.4) is 0 Å². The zero-order valence-electron chi connectivity index (χ0n) is 16.0. The van der Waals surface area contributed by atoms with Gasteiger partial charge in [-0.1, -0.05) is 12.1 Å². The second kappa shape index (κ2) is 7.09. The highest BCUT2D eigenvalue weighted by Crippen LogP contribution is 2.29. The summed E-state index contributed by atoms with van der Waals surface area (Å²) >= 11 is 0. The number of aryl methyl sites for hydroxylation is 1. The number of amides is 1. The molecule has 0 bridgehead atoms. The number of furan rings is 1. The van der Waals surface area contributed by atoms with E-state index in [9.17, 15) is 4.79 Å². The van der Waals surface area contributed by atoms with Crippen molar-refractivity contribution in [3.05, 3.63) is 72.0 Å². The Hall–Kier alpha value is -3.61. The largest absolute Gasteiger partial charge is 0.497 e. The molecule has 7 nitrogen and oxygen atoms in total. The number of carbonyl (C=O) groups is 1. The molecular weight excluding hydrogens is 368 g/mol. The molecule has 1 aliphatic heterocycles. The highest BCUT2D eigenvalue weighted by molar-refractivity contribution is 6.04. The van der Waals surface area contributed by atoms with Crippen LogP contribution < -0.4 is 10.1 Å². The lowest BCUT2D eigenvalue weighted by molar-refractivity contribution is 0.0998. The first kappa shape index (κ1) is 17.5. The Morgan fingerprint density at radius 1 is 1.21 bits per heavy atom. The molecule has 7 heteroatoms. The Kier molecular flexibility index (Phi) is 4.27. The van der Waals surface area contributed by atoms with Crippen LogP contribution in [0.25, 0.3) is 11.0 Å². The second-order valence-corrected chi connectivity index (χ2v) is 7.23. The average molecular weight is 388 g/mol. The predicted molar refractivity (Wildman–Crippen MR) is 108 cm³/mol. The quantitative estimate of drug-likeness (QED) is 0.571. The molecule has 0 unspecified atom stereocenters. The summed E-state index contributed by atoms with van der Waals surface area (Å²) in [5.74, 6) is 2.19. The van der Waals surface area contributed by atoms with E-state index in [2.05, 4.69) is 32.2 Å². The van der Waals surface area contributed by atoms with E-state index in [0.29, 0.717) is 11.5 Å². The van der Waals surface area contributed by atoms with E-state index in [0.717, 1.165) is 42.0 Å². The molecule has 1 atom stereocenters. The fourth-order valence-corrected chi connectivity index (χ4v) is 3.82. The number of ether oxygens (including phenoxy) is 1. The summed E-state index contributed by atoms with van der Waals surface area (Å²) in [6, 6.07) is 15.2. The molecule has 1 aliphatic rings. The molecule has 0 spiro atoms. The summed E-state index contributed by atoms with van der Waals surface area (Å²) in [7, 11) is 1.61. The van der Waals surface area contributed by atoms with E-state index in [1.807, 2.05) is 18.2 Å². The van der Waals surface area contributed by atoms with Crippen LogP contribution in [0.15, 0.2) is 59.3 Å². The van der Waals surface area contributed by atoms with Gasteiger partial charge in [0.2, 0.25) is 0 Å². The third kappa shape index (κ3) is 3.35. The van der Waals surface area contributed by atoms with Crippen LogP contribution in [0.5, 0.6) is 5.75 Å². The van der Waals surface area contributed by atoms with Crippen LogP contribution in [0, 0.1) is 0 Å². The molecule has 1 amide bonds. The Morgan fingerprint density at radius 2 is 2.07 bits per heavy atom. The first-order chi connectivity index (χ1) is 14.2. The van der Waals surface area contributed by atoms with Crippen LogP contribution in [-0.4, -0.2) is 27.8 Å². The molecule has 5 rings (SSSR count). The normalized spacial score (nSPS) is 15.8. The van der Waals surface area contributed by atoms with Crippen LogP contribution >= 0.6 is 0 Å². The topological polar surface area (TPSA) is 82.2 Å². The van der Waals surface area contributed by atoms with Gasteiger partial charge in [0.25, 0.3) is 5.91 Å². The number of benzene rings is 2. The highest BCUT2D eigenvalue weighted by Gasteiger charge is 2.21. The number of nitrogens with one attached hydrogen (secondary N) is 1. The standard InChI is InChI=1S/C22H20N4O3/c1-28-18-7-8-19-16(10-18)11-20(29-19)22(27)24-17-5-2-14(3-6-17)15-4-9-21-25-23-13-26(21)12-15/h2-3,5-8,10-11,13,15H,4,9,12H2,1H3,(H,24,27)/t15-/m0/s1. The van der Waals surface area contributed by atoms with E-state index in [-0.39, 0.29) is 11.7 Å². The van der Waals surface area contributed by atoms with Crippen molar-refractivity contribution in [2.24, 2.45) is 0 Å². The molecule has 3 heterocycles. The number of anilines is 1. The minimum absolute atomic E-state index is 0.268. The maximum absolute atomic E-state index is 12.6. The van der Waals surface area contributed by atoms with Gasteiger partial charge in [-0.05, 0) is 48.4 Å². The molecule has 1 N–H and O–H groups in total. The Labute approximate surface area is 167 Å². The average Bonchev–Trinajstić information content (AvgIpc) is 3.40. The van der Waals surface area contributed by atoms with E-state index in [1.165, 1.54) is 5.56 Å². The van der Waals surface area contributed by atoms with Crippen LogP contribution in [0.4, 0.5) is 5.69 Å². The number of fused-ring (bicyclic) bond motifs is 2. The molecule has 0 saturated carbocycles. The third-order valence-electron chi connectivity index (χ3n) is 5.42. The molecular formula is C22H20N4O3. The van der Waals surface area contributed by atoms with Crippen molar-refractivity contribution < 1.29 is 13.9 Å². The lowest BCUT2D eigenvalue weighted by atomic mass is 9.91. The van der Waals surface area contributed by atoms with Gasteiger partial charge in [-0.2, -0.15) is 0 Å². The van der Waals surface area contributed by atoms with Crippen LogP contribution in [-0.2, 0) is 13.0 Å². The van der Waals surface area contributed by atoms with E-state index in [1.54, 1.807) is 31.6 Å². The molecule has 29 heavy (non-hydrogen) atoms. The summed E-state index contributed by atoms with van der Waals surface area (Å²) < 4.78 is 13.0. The number of aromatic nitrogens is 3. The molecule has 2 aromatic heterocycles. The summed E-state index contributed by atoms with van der Waals surface area (Å²) in [6.07, 6.45) is 3.77. The lowest BCUT2D eigenvalue weighted by Gasteiger charge is -2.23. The van der Waals surface area contributed by atoms with Gasteiger partial charge in [0.15, 0.2) is 5.76 Å². The number of hydrogen-bond donors (Lipinski definition) is 1. The predicted octanol–water partition coefficient (Wildman–Crippen LogP) is 4.02. The SMILES string of the molecule is COc1ccc2oc(C(=O)Nc3ccc([C@H]4CCc5nncn5C4)cc3)cc2c1. The monoisotopic (exact) mass is 388 g/mol. The zero-order chi connectivity index (χ0) is 19.8. The van der Waals surface area contributed by atoms with E-state index < -0.39 is 0 Å². The van der Waals surface area contributed by atoms with Crippen LogP contribution in [0.2, 0.25) is 0 Å². The van der Waals surface area contributed by atoms with Gasteiger partial charge in [0.1, 0.15) is 23.5 Å². The fraction of sp³-hybridized carbons (Fsp3) is 0.227.